The van der Waals surface area contributed by atoms with Crippen LogP contribution in [0, 0.1) is 0 Å². The largest absolute Gasteiger partial charge is 0.289 e. The number of Topliss-reactive ketones (excluding diaryl/α,β-unsaturated/α-hetero) is 1. The second-order valence-corrected chi connectivity index (χ2v) is 7.02. The van der Waals surface area contributed by atoms with E-state index in [0.717, 1.165) is 47.1 Å². The Balaban J connectivity index is 1.93. The predicted octanol–water partition coefficient (Wildman–Crippen LogP) is 4.11. The van der Waals surface area contributed by atoms with Crippen molar-refractivity contribution in [2.75, 3.05) is 0 Å². The maximum Gasteiger partial charge on any atom is 0.190 e. The van der Waals surface area contributed by atoms with Crippen LogP contribution in [0.4, 0.5) is 0 Å². The molecule has 1 unspecified atom stereocenters. The summed E-state index contributed by atoms with van der Waals surface area (Å²) in [6, 6.07) is 12.3. The number of carbonyl (C=O) groups excluding carboxylic acids is 1. The number of fused-ring (bicyclic) bond motifs is 4. The van der Waals surface area contributed by atoms with Crippen molar-refractivity contribution in [3.05, 3.63) is 53.1 Å². The summed E-state index contributed by atoms with van der Waals surface area (Å²) < 4.78 is -0.559. The van der Waals surface area contributed by atoms with Crippen molar-refractivity contribution < 1.29 is 4.79 Å². The van der Waals surface area contributed by atoms with Gasteiger partial charge in [0.15, 0.2) is 5.78 Å². The molecule has 0 heterocycles. The van der Waals surface area contributed by atoms with Gasteiger partial charge in [0.25, 0.3) is 0 Å². The number of thiol groups is 1. The molecule has 4 rings (SSSR count). The van der Waals surface area contributed by atoms with E-state index in [-0.39, 0.29) is 5.78 Å². The van der Waals surface area contributed by atoms with Gasteiger partial charge in [0.2, 0.25) is 0 Å². The van der Waals surface area contributed by atoms with Crippen LogP contribution in [0.5, 0.6) is 0 Å². The lowest BCUT2D eigenvalue weighted by atomic mass is 9.77. The van der Waals surface area contributed by atoms with Gasteiger partial charge in [-0.3, -0.25) is 4.79 Å². The summed E-state index contributed by atoms with van der Waals surface area (Å²) in [5.41, 5.74) is 6.28. The van der Waals surface area contributed by atoms with Crippen LogP contribution < -0.4 is 0 Å². The van der Waals surface area contributed by atoms with Gasteiger partial charge >= 0.3 is 0 Å². The van der Waals surface area contributed by atoms with E-state index in [9.17, 15) is 4.79 Å². The van der Waals surface area contributed by atoms with Crippen LogP contribution in [0.15, 0.2) is 42.0 Å². The molecule has 0 saturated carbocycles. The summed E-state index contributed by atoms with van der Waals surface area (Å²) in [5.74, 6) is 0.159. The average Bonchev–Trinajstić information content (AvgIpc) is 2.70. The molecule has 0 bridgehead atoms. The maximum atomic E-state index is 12.9. The third-order valence-corrected chi connectivity index (χ3v) is 5.00. The minimum absolute atomic E-state index is 0.159. The second-order valence-electron chi connectivity index (χ2n) is 6.13. The molecule has 0 N–H and O–H groups in total. The molecule has 2 radical (unpaired) electrons. The lowest BCUT2D eigenvalue weighted by Crippen LogP contribution is -2.22. The molecule has 0 aromatic heterocycles. The molecule has 4 aliphatic carbocycles. The summed E-state index contributed by atoms with van der Waals surface area (Å²) in [6.07, 6.45) is 3.33. The molecular formula is C18H15BOS. The molecule has 0 aliphatic heterocycles. The van der Waals surface area contributed by atoms with E-state index in [4.69, 9.17) is 7.85 Å². The summed E-state index contributed by atoms with van der Waals surface area (Å²) in [5, 5.41) is 0. The van der Waals surface area contributed by atoms with E-state index < -0.39 is 4.65 Å². The Kier molecular flexibility index (Phi) is 2.84. The highest BCUT2D eigenvalue weighted by Gasteiger charge is 2.38. The van der Waals surface area contributed by atoms with Crippen molar-refractivity contribution in [3.63, 3.8) is 0 Å². The molecular weight excluding hydrogens is 275 g/mol. The fraction of sp³-hybridized carbons (Fsp3) is 0.278. The van der Waals surface area contributed by atoms with Crippen LogP contribution in [-0.4, -0.2) is 18.3 Å². The van der Waals surface area contributed by atoms with Crippen molar-refractivity contribution in [2.24, 2.45) is 0 Å². The third-order valence-electron chi connectivity index (χ3n) is 4.62. The minimum Gasteiger partial charge on any atom is -0.289 e. The van der Waals surface area contributed by atoms with E-state index in [1.165, 1.54) is 5.57 Å². The average molecular weight is 290 g/mol. The standard InChI is InChI=1S/C18H15BOS/c19-18(21)8-4-7-13-14-9-11-5-2-1-3-6-12(11)16(14)17(20)15(13)10-18/h1-3,5-6,9,21H,4,7-8,10H2. The SMILES string of the molecule is [B]C1(S)CCCC2=C(C1)C(=O)c1c2cc2cccccc1-2. The Labute approximate surface area is 131 Å². The van der Waals surface area contributed by atoms with E-state index in [2.05, 4.69) is 24.8 Å². The van der Waals surface area contributed by atoms with Gasteiger partial charge in [-0.15, -0.1) is 0 Å². The Bertz CT molecular complexity index is 760. The highest BCUT2D eigenvalue weighted by molar-refractivity contribution is 7.83. The van der Waals surface area contributed by atoms with E-state index in [0.29, 0.717) is 6.42 Å². The number of hydrogen-bond donors (Lipinski definition) is 1. The van der Waals surface area contributed by atoms with Crippen molar-refractivity contribution >= 4 is 31.8 Å². The van der Waals surface area contributed by atoms with Gasteiger partial charge in [0.1, 0.15) is 0 Å². The Morgan fingerprint density at radius 1 is 1.10 bits per heavy atom. The van der Waals surface area contributed by atoms with Gasteiger partial charge in [-0.2, -0.15) is 12.6 Å². The van der Waals surface area contributed by atoms with Crippen LogP contribution in [-0.2, 0) is 0 Å². The number of hydrogen-bond acceptors (Lipinski definition) is 2. The molecule has 3 heteroatoms. The molecule has 21 heavy (non-hydrogen) atoms. The van der Waals surface area contributed by atoms with Gasteiger partial charge < -0.3 is 0 Å². The predicted molar refractivity (Wildman–Crippen MR) is 90.3 cm³/mol. The lowest BCUT2D eigenvalue weighted by molar-refractivity contribution is 0.103. The first-order valence-corrected chi connectivity index (χ1v) is 7.82. The molecule has 0 spiro atoms. The zero-order valence-electron chi connectivity index (χ0n) is 11.7. The molecule has 0 saturated heterocycles. The first kappa shape index (κ1) is 13.2. The Morgan fingerprint density at radius 3 is 2.76 bits per heavy atom. The van der Waals surface area contributed by atoms with Gasteiger partial charge in [0.05, 0.1) is 7.85 Å². The number of ketones is 1. The van der Waals surface area contributed by atoms with Crippen LogP contribution >= 0.6 is 12.6 Å². The fourth-order valence-electron chi connectivity index (χ4n) is 3.66. The molecule has 0 fully saturated rings. The monoisotopic (exact) mass is 290 g/mol. The van der Waals surface area contributed by atoms with E-state index in [1.807, 2.05) is 24.3 Å². The lowest BCUT2D eigenvalue weighted by Gasteiger charge is -2.22. The third kappa shape index (κ3) is 1.98. The zero-order valence-corrected chi connectivity index (χ0v) is 12.6. The van der Waals surface area contributed by atoms with Gasteiger partial charge in [0, 0.05) is 11.1 Å². The summed E-state index contributed by atoms with van der Waals surface area (Å²) in [7, 11) is 6.21. The number of carbonyl (C=O) groups is 1. The van der Waals surface area contributed by atoms with Gasteiger partial charge in [-0.05, 0) is 58.7 Å². The molecule has 1 atom stereocenters. The summed E-state index contributed by atoms with van der Waals surface area (Å²) in [6.45, 7) is 0. The molecule has 0 aromatic rings. The smallest absolute Gasteiger partial charge is 0.190 e. The Hall–Kier alpha value is -1.48. The topological polar surface area (TPSA) is 17.1 Å². The summed E-state index contributed by atoms with van der Waals surface area (Å²) >= 11 is 4.55. The van der Waals surface area contributed by atoms with Gasteiger partial charge in [-0.25, -0.2) is 0 Å². The second kappa shape index (κ2) is 4.51. The van der Waals surface area contributed by atoms with Gasteiger partial charge in [-0.1, -0.05) is 30.3 Å². The van der Waals surface area contributed by atoms with Crippen LogP contribution in [0.2, 0.25) is 0 Å². The van der Waals surface area contributed by atoms with E-state index in [1.54, 1.807) is 0 Å². The van der Waals surface area contributed by atoms with Crippen LogP contribution in [0.3, 0.4) is 0 Å². The normalized spacial score (nSPS) is 24.9. The number of allylic oxidation sites excluding steroid dienone is 2. The van der Waals surface area contributed by atoms with E-state index >= 15 is 0 Å². The first-order valence-electron chi connectivity index (χ1n) is 7.37. The summed E-state index contributed by atoms with van der Waals surface area (Å²) in [4.78, 5) is 12.9. The van der Waals surface area contributed by atoms with Crippen molar-refractivity contribution in [1.82, 2.24) is 0 Å². The molecule has 0 amide bonds. The van der Waals surface area contributed by atoms with Crippen molar-refractivity contribution in [3.8, 4) is 11.1 Å². The quantitative estimate of drug-likeness (QED) is 0.571. The first-order chi connectivity index (χ1) is 10.1. The van der Waals surface area contributed by atoms with Crippen molar-refractivity contribution in [2.45, 2.75) is 30.3 Å². The number of rotatable bonds is 0. The maximum absolute atomic E-state index is 12.9. The van der Waals surface area contributed by atoms with Crippen molar-refractivity contribution in [1.29, 1.82) is 0 Å². The molecule has 4 aliphatic rings. The fourth-order valence-corrected chi connectivity index (χ4v) is 3.98. The molecule has 1 nitrogen and oxygen atoms in total. The van der Waals surface area contributed by atoms with Crippen LogP contribution in [0.1, 0.15) is 41.6 Å². The van der Waals surface area contributed by atoms with Crippen LogP contribution in [0.25, 0.3) is 16.7 Å². The Morgan fingerprint density at radius 2 is 1.90 bits per heavy atom. The highest BCUT2D eigenvalue weighted by atomic mass is 32.1. The highest BCUT2D eigenvalue weighted by Crippen LogP contribution is 2.48. The minimum atomic E-state index is -0.559. The molecule has 0 aromatic carbocycles. The molecule has 102 valence electrons. The zero-order chi connectivity index (χ0) is 14.6.